The number of carbonyl (C=O) groups excluding carboxylic acids is 1. The summed E-state index contributed by atoms with van der Waals surface area (Å²) in [5.41, 5.74) is 3.89. The van der Waals surface area contributed by atoms with Gasteiger partial charge in [0.2, 0.25) is 0 Å². The van der Waals surface area contributed by atoms with E-state index in [1.165, 1.54) is 0 Å². The summed E-state index contributed by atoms with van der Waals surface area (Å²) in [6, 6.07) is 4.37. The number of piperidine rings is 1. The molecule has 0 atom stereocenters. The lowest BCUT2D eigenvalue weighted by molar-refractivity contribution is -0.116. The molecular weight excluding hydrogens is 480 g/mol. The number of hydrogen-bond acceptors (Lipinski definition) is 8. The average molecular weight is 517 g/mol. The summed E-state index contributed by atoms with van der Waals surface area (Å²) in [5, 5.41) is 11.6. The zero-order valence-electron chi connectivity index (χ0n) is 22.6. The molecule has 10 heteroatoms. The van der Waals surface area contributed by atoms with E-state index in [9.17, 15) is 4.79 Å². The second-order valence-electron chi connectivity index (χ2n) is 9.37. The van der Waals surface area contributed by atoms with Gasteiger partial charge in [-0.2, -0.15) is 5.10 Å². The fraction of sp³-hybridized carbons (Fsp3) is 0.393. The predicted molar refractivity (Wildman–Crippen MR) is 149 cm³/mol. The molecule has 1 aliphatic rings. The van der Waals surface area contributed by atoms with Crippen molar-refractivity contribution in [1.29, 1.82) is 0 Å². The molecule has 0 bridgehead atoms. The zero-order valence-corrected chi connectivity index (χ0v) is 22.6. The average Bonchev–Trinajstić information content (AvgIpc) is 3.37. The molecule has 1 saturated heterocycles. The van der Waals surface area contributed by atoms with Gasteiger partial charge in [0.05, 0.1) is 25.0 Å². The fourth-order valence-electron chi connectivity index (χ4n) is 4.53. The van der Waals surface area contributed by atoms with Crippen molar-refractivity contribution in [2.75, 3.05) is 46.2 Å². The number of amides is 1. The topological polar surface area (TPSA) is 110 Å². The van der Waals surface area contributed by atoms with Crippen LogP contribution in [-0.2, 0) is 9.53 Å². The lowest BCUT2D eigenvalue weighted by atomic mass is 10.1. The molecule has 2 N–H and O–H groups in total. The standard InChI is InChI=1S/C28H36N8O2/c1-6-20(28(37)29-3)14-25(38-5)19(2)7-10-30-26-15-24(32-18-33-26)21-13-22-17-34-36(27(22)31-16-21)23-8-11-35(4)12-9-23/h6,13-18,23H,2,7-12H2,1,3-5H3,(H,29,37)(H,30,32,33)/b20-6+,25-14+. The number of carbonyl (C=O) groups is 1. The third-order valence-electron chi connectivity index (χ3n) is 6.82. The molecule has 200 valence electrons. The van der Waals surface area contributed by atoms with E-state index in [0.717, 1.165) is 53.8 Å². The van der Waals surface area contributed by atoms with E-state index in [0.29, 0.717) is 36.2 Å². The minimum atomic E-state index is -0.177. The zero-order chi connectivity index (χ0) is 27.1. The maximum absolute atomic E-state index is 12.0. The molecule has 4 rings (SSSR count). The summed E-state index contributed by atoms with van der Waals surface area (Å²) in [7, 11) is 5.32. The Hall–Kier alpha value is -4.05. The van der Waals surface area contributed by atoms with E-state index < -0.39 is 0 Å². The van der Waals surface area contributed by atoms with Crippen molar-refractivity contribution in [2.45, 2.75) is 32.2 Å². The number of ether oxygens (including phenoxy) is 1. The molecule has 10 nitrogen and oxygen atoms in total. The molecule has 4 heterocycles. The van der Waals surface area contributed by atoms with Crippen LogP contribution in [-0.4, -0.2) is 76.4 Å². The van der Waals surface area contributed by atoms with Crippen molar-refractivity contribution in [3.05, 3.63) is 66.5 Å². The summed E-state index contributed by atoms with van der Waals surface area (Å²) in [6.07, 6.45) is 11.5. The Labute approximate surface area is 223 Å². The molecule has 0 spiro atoms. The maximum atomic E-state index is 12.0. The molecule has 0 aliphatic carbocycles. The lowest BCUT2D eigenvalue weighted by Crippen LogP contribution is -2.31. The molecule has 3 aromatic heterocycles. The normalized spacial score (nSPS) is 15.5. The van der Waals surface area contributed by atoms with Gasteiger partial charge in [-0.15, -0.1) is 0 Å². The molecule has 0 radical (unpaired) electrons. The smallest absolute Gasteiger partial charge is 0.250 e. The Balaban J connectivity index is 1.41. The van der Waals surface area contributed by atoms with Crippen molar-refractivity contribution < 1.29 is 9.53 Å². The summed E-state index contributed by atoms with van der Waals surface area (Å²) in [5.74, 6) is 1.09. The largest absolute Gasteiger partial charge is 0.496 e. The van der Waals surface area contributed by atoms with E-state index in [2.05, 4.69) is 55.0 Å². The highest BCUT2D eigenvalue weighted by Gasteiger charge is 2.21. The quantitative estimate of drug-likeness (QED) is 0.238. The van der Waals surface area contributed by atoms with Crippen molar-refractivity contribution in [3.63, 3.8) is 0 Å². The number of hydrogen-bond donors (Lipinski definition) is 2. The number of likely N-dealkylation sites (N-methyl/N-ethyl adjacent to an activating group) is 1. The third kappa shape index (κ3) is 6.25. The molecule has 0 aromatic carbocycles. The van der Waals surface area contributed by atoms with Gasteiger partial charge >= 0.3 is 0 Å². The van der Waals surface area contributed by atoms with E-state index >= 15 is 0 Å². The number of allylic oxidation sites excluding steroid dienone is 2. The van der Waals surface area contributed by atoms with Crippen LogP contribution in [0.25, 0.3) is 22.3 Å². The molecule has 3 aromatic rings. The number of aromatic nitrogens is 5. The SMILES string of the molecule is C=C(CCNc1cc(-c2cnc3c(cnn3C3CCN(C)CC3)c2)ncn1)/C(=C\C(=C/C)C(=O)NC)OC. The minimum absolute atomic E-state index is 0.177. The van der Waals surface area contributed by atoms with Crippen LogP contribution in [0.5, 0.6) is 0 Å². The Morgan fingerprint density at radius 3 is 2.71 bits per heavy atom. The highest BCUT2D eigenvalue weighted by molar-refractivity contribution is 5.96. The maximum Gasteiger partial charge on any atom is 0.250 e. The van der Waals surface area contributed by atoms with Crippen LogP contribution in [0, 0.1) is 0 Å². The second kappa shape index (κ2) is 12.5. The van der Waals surface area contributed by atoms with Crippen LogP contribution in [0.3, 0.4) is 0 Å². The van der Waals surface area contributed by atoms with Gasteiger partial charge in [-0.1, -0.05) is 12.7 Å². The van der Waals surface area contributed by atoms with E-state index in [-0.39, 0.29) is 5.91 Å². The van der Waals surface area contributed by atoms with E-state index in [1.54, 1.807) is 39.6 Å². The van der Waals surface area contributed by atoms with Crippen LogP contribution >= 0.6 is 0 Å². The van der Waals surface area contributed by atoms with E-state index in [1.807, 2.05) is 18.5 Å². The minimum Gasteiger partial charge on any atom is -0.496 e. The number of nitrogens with zero attached hydrogens (tertiary/aromatic N) is 6. The summed E-state index contributed by atoms with van der Waals surface area (Å²) in [6.45, 7) is 8.66. The molecule has 0 saturated carbocycles. The molecule has 1 amide bonds. The Morgan fingerprint density at radius 1 is 1.21 bits per heavy atom. The van der Waals surface area contributed by atoms with Gasteiger partial charge in [0.15, 0.2) is 5.65 Å². The number of fused-ring (bicyclic) bond motifs is 1. The van der Waals surface area contributed by atoms with Gasteiger partial charge < -0.3 is 20.3 Å². The van der Waals surface area contributed by atoms with Crippen LogP contribution in [0.1, 0.15) is 32.2 Å². The van der Waals surface area contributed by atoms with Crippen LogP contribution < -0.4 is 10.6 Å². The summed E-state index contributed by atoms with van der Waals surface area (Å²) >= 11 is 0. The van der Waals surface area contributed by atoms with Crippen LogP contribution in [0.4, 0.5) is 5.82 Å². The van der Waals surface area contributed by atoms with Gasteiger partial charge in [0, 0.05) is 42.4 Å². The summed E-state index contributed by atoms with van der Waals surface area (Å²) < 4.78 is 7.54. The van der Waals surface area contributed by atoms with Crippen LogP contribution in [0.2, 0.25) is 0 Å². The predicted octanol–water partition coefficient (Wildman–Crippen LogP) is 3.74. The van der Waals surface area contributed by atoms with Gasteiger partial charge in [-0.3, -0.25) is 4.79 Å². The lowest BCUT2D eigenvalue weighted by Gasteiger charge is -2.29. The molecule has 38 heavy (non-hydrogen) atoms. The number of rotatable bonds is 10. The first kappa shape index (κ1) is 27.0. The number of anilines is 1. The summed E-state index contributed by atoms with van der Waals surface area (Å²) in [4.78, 5) is 27.9. The first-order valence-corrected chi connectivity index (χ1v) is 12.8. The first-order valence-electron chi connectivity index (χ1n) is 12.8. The Morgan fingerprint density at radius 2 is 2.00 bits per heavy atom. The third-order valence-corrected chi connectivity index (χ3v) is 6.82. The fourth-order valence-corrected chi connectivity index (χ4v) is 4.53. The Bertz CT molecular complexity index is 1350. The molecule has 1 fully saturated rings. The molecule has 1 aliphatic heterocycles. The van der Waals surface area contributed by atoms with Crippen molar-refractivity contribution in [3.8, 4) is 11.3 Å². The van der Waals surface area contributed by atoms with Crippen molar-refractivity contribution in [1.82, 2.24) is 34.9 Å². The second-order valence-corrected chi connectivity index (χ2v) is 9.37. The molecular formula is C28H36N8O2. The Kier molecular flexibility index (Phi) is 8.85. The first-order chi connectivity index (χ1) is 18.4. The van der Waals surface area contributed by atoms with Crippen molar-refractivity contribution >= 4 is 22.8 Å². The highest BCUT2D eigenvalue weighted by atomic mass is 16.5. The van der Waals surface area contributed by atoms with Gasteiger partial charge in [0.1, 0.15) is 17.9 Å². The monoisotopic (exact) mass is 516 g/mol. The number of likely N-dealkylation sites (tertiary alicyclic amines) is 1. The van der Waals surface area contributed by atoms with Crippen LogP contribution in [0.15, 0.2) is 66.5 Å². The molecule has 0 unspecified atom stereocenters. The van der Waals surface area contributed by atoms with E-state index in [4.69, 9.17) is 9.72 Å². The van der Waals surface area contributed by atoms with Crippen molar-refractivity contribution in [2.24, 2.45) is 0 Å². The number of methoxy groups -OCH3 is 1. The van der Waals surface area contributed by atoms with Gasteiger partial charge in [-0.05, 0) is 64.0 Å². The van der Waals surface area contributed by atoms with Gasteiger partial charge in [0.25, 0.3) is 5.91 Å². The van der Waals surface area contributed by atoms with Gasteiger partial charge in [-0.25, -0.2) is 19.6 Å². The number of nitrogens with one attached hydrogen (secondary N) is 2. The highest BCUT2D eigenvalue weighted by Crippen LogP contribution is 2.27. The number of pyridine rings is 1.